The van der Waals surface area contributed by atoms with E-state index in [1.807, 2.05) is 31.2 Å². The molecule has 0 spiro atoms. The molecule has 2 aromatic heterocycles. The van der Waals surface area contributed by atoms with Crippen molar-refractivity contribution in [1.82, 2.24) is 24.6 Å². The van der Waals surface area contributed by atoms with Gasteiger partial charge < -0.3 is 9.88 Å². The summed E-state index contributed by atoms with van der Waals surface area (Å²) in [6.07, 6.45) is 7.96. The number of nitrogens with zero attached hydrogens (tertiary/aromatic N) is 4. The molecule has 0 aliphatic rings. The Morgan fingerprint density at radius 1 is 1.37 bits per heavy atom. The molecule has 0 aliphatic carbocycles. The highest BCUT2D eigenvalue weighted by Crippen LogP contribution is 2.21. The first-order valence-electron chi connectivity index (χ1n) is 6.81. The number of aryl methyl sites for hydroxylation is 4. The standard InChI is InChI=1S/C14H23N5/c1-5-15-13(12-10-19(4)17-11(12)2)6-7-14-16-8-9-18(14)3/h8-10,13,15H,5-7H2,1-4H3. The van der Waals surface area contributed by atoms with Gasteiger partial charge in [-0.2, -0.15) is 5.10 Å². The Morgan fingerprint density at radius 2 is 2.16 bits per heavy atom. The van der Waals surface area contributed by atoms with E-state index in [0.717, 1.165) is 30.9 Å². The quantitative estimate of drug-likeness (QED) is 0.861. The molecule has 5 heteroatoms. The summed E-state index contributed by atoms with van der Waals surface area (Å²) in [6.45, 7) is 5.17. The van der Waals surface area contributed by atoms with Crippen molar-refractivity contribution in [3.8, 4) is 0 Å². The lowest BCUT2D eigenvalue weighted by Gasteiger charge is -2.17. The molecule has 0 saturated carbocycles. The lowest BCUT2D eigenvalue weighted by atomic mass is 10.0. The molecular formula is C14H23N5. The second-order valence-corrected chi connectivity index (χ2v) is 4.95. The van der Waals surface area contributed by atoms with E-state index >= 15 is 0 Å². The molecule has 0 saturated heterocycles. The van der Waals surface area contributed by atoms with Crippen molar-refractivity contribution in [2.45, 2.75) is 32.7 Å². The fraction of sp³-hybridized carbons (Fsp3) is 0.571. The summed E-state index contributed by atoms with van der Waals surface area (Å²) in [4.78, 5) is 4.38. The Labute approximate surface area is 114 Å². The highest BCUT2D eigenvalue weighted by atomic mass is 15.3. The summed E-state index contributed by atoms with van der Waals surface area (Å²) >= 11 is 0. The van der Waals surface area contributed by atoms with E-state index in [0.29, 0.717) is 6.04 Å². The van der Waals surface area contributed by atoms with Crippen LogP contribution in [0.5, 0.6) is 0 Å². The minimum atomic E-state index is 0.343. The van der Waals surface area contributed by atoms with Crippen molar-refractivity contribution in [2.24, 2.45) is 14.1 Å². The summed E-state index contributed by atoms with van der Waals surface area (Å²) in [6, 6.07) is 0.343. The molecule has 5 nitrogen and oxygen atoms in total. The van der Waals surface area contributed by atoms with Gasteiger partial charge in [0.25, 0.3) is 0 Å². The van der Waals surface area contributed by atoms with Crippen LogP contribution in [0.25, 0.3) is 0 Å². The van der Waals surface area contributed by atoms with Crippen LogP contribution in [0.1, 0.15) is 36.5 Å². The van der Waals surface area contributed by atoms with Crippen molar-refractivity contribution in [3.05, 3.63) is 35.7 Å². The molecule has 2 aromatic rings. The molecule has 0 radical (unpaired) electrons. The minimum Gasteiger partial charge on any atom is -0.338 e. The van der Waals surface area contributed by atoms with Gasteiger partial charge in [0.2, 0.25) is 0 Å². The predicted octanol–water partition coefficient (Wildman–Crippen LogP) is 1.75. The van der Waals surface area contributed by atoms with Crippen LogP contribution in [0.4, 0.5) is 0 Å². The van der Waals surface area contributed by atoms with Gasteiger partial charge in [-0.1, -0.05) is 6.92 Å². The van der Waals surface area contributed by atoms with E-state index in [4.69, 9.17) is 0 Å². The fourth-order valence-corrected chi connectivity index (χ4v) is 2.48. The van der Waals surface area contributed by atoms with Crippen molar-refractivity contribution in [3.63, 3.8) is 0 Å². The summed E-state index contributed by atoms with van der Waals surface area (Å²) in [5.74, 6) is 1.13. The van der Waals surface area contributed by atoms with E-state index in [1.165, 1.54) is 5.56 Å². The SMILES string of the molecule is CCNC(CCc1nccn1C)c1cn(C)nc1C. The summed E-state index contributed by atoms with van der Waals surface area (Å²) in [5.41, 5.74) is 2.40. The molecule has 0 bridgehead atoms. The molecule has 0 fully saturated rings. The lowest BCUT2D eigenvalue weighted by Crippen LogP contribution is -2.22. The maximum absolute atomic E-state index is 4.43. The molecular weight excluding hydrogens is 238 g/mol. The van der Waals surface area contributed by atoms with Gasteiger partial charge in [-0.25, -0.2) is 4.98 Å². The second kappa shape index (κ2) is 6.02. The first kappa shape index (κ1) is 13.8. The van der Waals surface area contributed by atoms with Gasteiger partial charge >= 0.3 is 0 Å². The Balaban J connectivity index is 2.08. The van der Waals surface area contributed by atoms with E-state index < -0.39 is 0 Å². The van der Waals surface area contributed by atoms with Crippen LogP contribution >= 0.6 is 0 Å². The lowest BCUT2D eigenvalue weighted by molar-refractivity contribution is 0.503. The van der Waals surface area contributed by atoms with Crippen LogP contribution in [-0.2, 0) is 20.5 Å². The number of hydrogen-bond donors (Lipinski definition) is 1. The number of rotatable bonds is 6. The summed E-state index contributed by atoms with van der Waals surface area (Å²) in [5, 5.41) is 7.98. The van der Waals surface area contributed by atoms with Crippen LogP contribution < -0.4 is 5.32 Å². The van der Waals surface area contributed by atoms with Crippen LogP contribution in [0.2, 0.25) is 0 Å². The van der Waals surface area contributed by atoms with Gasteiger partial charge in [-0.15, -0.1) is 0 Å². The number of nitrogens with one attached hydrogen (secondary N) is 1. The molecule has 0 aromatic carbocycles. The molecule has 2 heterocycles. The molecule has 1 unspecified atom stereocenters. The van der Waals surface area contributed by atoms with Gasteiger partial charge in [0.05, 0.1) is 5.69 Å². The van der Waals surface area contributed by atoms with Crippen LogP contribution in [0, 0.1) is 6.92 Å². The predicted molar refractivity (Wildman–Crippen MR) is 75.9 cm³/mol. The van der Waals surface area contributed by atoms with Gasteiger partial charge in [0.1, 0.15) is 5.82 Å². The third kappa shape index (κ3) is 3.23. The van der Waals surface area contributed by atoms with Gasteiger partial charge in [0, 0.05) is 50.7 Å². The summed E-state index contributed by atoms with van der Waals surface area (Å²) < 4.78 is 3.97. The largest absolute Gasteiger partial charge is 0.338 e. The summed E-state index contributed by atoms with van der Waals surface area (Å²) in [7, 11) is 4.01. The van der Waals surface area contributed by atoms with Gasteiger partial charge in [0.15, 0.2) is 0 Å². The third-order valence-corrected chi connectivity index (χ3v) is 3.45. The first-order valence-corrected chi connectivity index (χ1v) is 6.81. The Bertz CT molecular complexity index is 526. The van der Waals surface area contributed by atoms with Crippen molar-refractivity contribution in [2.75, 3.05) is 6.54 Å². The molecule has 2 rings (SSSR count). The molecule has 0 aliphatic heterocycles. The number of imidazole rings is 1. The van der Waals surface area contributed by atoms with Crippen LogP contribution in [0.3, 0.4) is 0 Å². The average Bonchev–Trinajstić information content (AvgIpc) is 2.91. The Kier molecular flexibility index (Phi) is 4.37. The normalized spacial score (nSPS) is 12.8. The second-order valence-electron chi connectivity index (χ2n) is 4.95. The smallest absolute Gasteiger partial charge is 0.108 e. The fourth-order valence-electron chi connectivity index (χ4n) is 2.48. The Morgan fingerprint density at radius 3 is 2.68 bits per heavy atom. The van der Waals surface area contributed by atoms with E-state index in [9.17, 15) is 0 Å². The Hall–Kier alpha value is -1.62. The zero-order chi connectivity index (χ0) is 13.8. The molecule has 1 N–H and O–H groups in total. The zero-order valence-corrected chi connectivity index (χ0v) is 12.2. The maximum Gasteiger partial charge on any atom is 0.108 e. The molecule has 0 amide bonds. The van der Waals surface area contributed by atoms with Gasteiger partial charge in [-0.3, -0.25) is 4.68 Å². The highest BCUT2D eigenvalue weighted by molar-refractivity contribution is 5.20. The van der Waals surface area contributed by atoms with E-state index in [-0.39, 0.29) is 0 Å². The van der Waals surface area contributed by atoms with Gasteiger partial charge in [-0.05, 0) is 19.9 Å². The number of aromatic nitrogens is 4. The minimum absolute atomic E-state index is 0.343. The van der Waals surface area contributed by atoms with Crippen LogP contribution in [0.15, 0.2) is 18.6 Å². The van der Waals surface area contributed by atoms with Crippen molar-refractivity contribution < 1.29 is 0 Å². The topological polar surface area (TPSA) is 47.7 Å². The third-order valence-electron chi connectivity index (χ3n) is 3.45. The molecule has 104 valence electrons. The zero-order valence-electron chi connectivity index (χ0n) is 12.2. The van der Waals surface area contributed by atoms with Crippen molar-refractivity contribution in [1.29, 1.82) is 0 Å². The van der Waals surface area contributed by atoms with Crippen LogP contribution in [-0.4, -0.2) is 25.9 Å². The molecule has 1 atom stereocenters. The average molecular weight is 261 g/mol. The first-order chi connectivity index (χ1) is 9.11. The van der Waals surface area contributed by atoms with E-state index in [1.54, 1.807) is 0 Å². The van der Waals surface area contributed by atoms with E-state index in [2.05, 4.69) is 40.0 Å². The maximum atomic E-state index is 4.43. The monoisotopic (exact) mass is 261 g/mol. The molecule has 19 heavy (non-hydrogen) atoms. The highest BCUT2D eigenvalue weighted by Gasteiger charge is 2.16. The van der Waals surface area contributed by atoms with Crippen molar-refractivity contribution >= 4 is 0 Å². The number of hydrogen-bond acceptors (Lipinski definition) is 3.